The first-order chi connectivity index (χ1) is 13.9. The molecule has 0 saturated heterocycles. The van der Waals surface area contributed by atoms with Crippen LogP contribution in [-0.2, 0) is 16.4 Å². The molecule has 0 fully saturated rings. The molecule has 2 heterocycles. The topological polar surface area (TPSA) is 87.7 Å². The molecule has 0 atom stereocenters. The summed E-state index contributed by atoms with van der Waals surface area (Å²) < 4.78 is 40.4. The number of nitrogens with zero attached hydrogens (tertiary/aromatic N) is 2. The number of imidazole rings is 1. The number of aromatic amines is 1. The molecule has 0 radical (unpaired) electrons. The molecule has 2 N–H and O–H groups in total. The van der Waals surface area contributed by atoms with Crippen molar-refractivity contribution in [2.45, 2.75) is 11.3 Å². The number of nitrogens with one attached hydrogen (secondary N) is 2. The van der Waals surface area contributed by atoms with E-state index in [9.17, 15) is 12.8 Å². The Morgan fingerprint density at radius 1 is 1.14 bits per heavy atom. The number of thiazole rings is 1. The smallest absolute Gasteiger partial charge is 0.263 e. The number of rotatable bonds is 6. The monoisotopic (exact) mass is 448 g/mol. The summed E-state index contributed by atoms with van der Waals surface area (Å²) in [6.07, 6.45) is 3.67. The molecule has 0 bridgehead atoms. The molecular formula is C19H14ClFN4O2S2. The molecule has 0 unspecified atom stereocenters. The molecule has 0 aliphatic rings. The van der Waals surface area contributed by atoms with Crippen molar-refractivity contribution in [3.63, 3.8) is 0 Å². The van der Waals surface area contributed by atoms with Gasteiger partial charge >= 0.3 is 0 Å². The summed E-state index contributed by atoms with van der Waals surface area (Å²) in [5.74, 6) is 0.207. The highest BCUT2D eigenvalue weighted by molar-refractivity contribution is 7.93. The van der Waals surface area contributed by atoms with Crippen LogP contribution in [0, 0.1) is 5.82 Å². The number of halogens is 2. The van der Waals surface area contributed by atoms with Crippen LogP contribution in [0.5, 0.6) is 0 Å². The van der Waals surface area contributed by atoms with Gasteiger partial charge in [-0.25, -0.2) is 22.8 Å². The van der Waals surface area contributed by atoms with E-state index in [2.05, 4.69) is 19.7 Å². The van der Waals surface area contributed by atoms with E-state index in [0.717, 1.165) is 16.8 Å². The minimum Gasteiger partial charge on any atom is -0.342 e. The minimum atomic E-state index is -3.70. The third kappa shape index (κ3) is 4.47. The Labute approximate surface area is 175 Å². The Kier molecular flexibility index (Phi) is 5.35. The minimum absolute atomic E-state index is 0.126. The maximum Gasteiger partial charge on any atom is 0.263 e. The zero-order chi connectivity index (χ0) is 20.4. The summed E-state index contributed by atoms with van der Waals surface area (Å²) in [6, 6.07) is 10.6. The number of hydrogen-bond acceptors (Lipinski definition) is 5. The van der Waals surface area contributed by atoms with E-state index < -0.39 is 10.0 Å². The summed E-state index contributed by atoms with van der Waals surface area (Å²) in [7, 11) is -3.70. The molecular weight excluding hydrogens is 435 g/mol. The van der Waals surface area contributed by atoms with E-state index >= 15 is 0 Å². The van der Waals surface area contributed by atoms with Crippen LogP contribution in [0.1, 0.15) is 11.3 Å². The Morgan fingerprint density at radius 3 is 2.62 bits per heavy atom. The standard InChI is InChI=1S/C19H14ClFN4O2S2/c20-17-10-14(21)4-1-13(17)9-15-11-23-18(24-15)12-2-5-16(6-3-12)29(26,27)25-19-22-7-8-28-19/h1-8,10-11H,9H2,(H,22,25)(H,23,24). The van der Waals surface area contributed by atoms with Crippen molar-refractivity contribution in [1.29, 1.82) is 0 Å². The SMILES string of the molecule is O=S(=O)(Nc1nccs1)c1ccc(-c2ncc(Cc3ccc(F)cc3Cl)[nH]2)cc1. The lowest BCUT2D eigenvalue weighted by atomic mass is 10.1. The van der Waals surface area contributed by atoms with E-state index in [1.807, 2.05) is 0 Å². The average Bonchev–Trinajstić information content (AvgIpc) is 3.36. The van der Waals surface area contributed by atoms with Crippen LogP contribution in [0.25, 0.3) is 11.4 Å². The highest BCUT2D eigenvalue weighted by Crippen LogP contribution is 2.24. The summed E-state index contributed by atoms with van der Waals surface area (Å²) in [5, 5.41) is 2.35. The first kappa shape index (κ1) is 19.6. The summed E-state index contributed by atoms with van der Waals surface area (Å²) in [6.45, 7) is 0. The summed E-state index contributed by atoms with van der Waals surface area (Å²) >= 11 is 7.28. The predicted molar refractivity (Wildman–Crippen MR) is 111 cm³/mol. The fourth-order valence-electron chi connectivity index (χ4n) is 2.71. The molecule has 10 heteroatoms. The van der Waals surface area contributed by atoms with Crippen molar-refractivity contribution in [3.8, 4) is 11.4 Å². The third-order valence-corrected chi connectivity index (χ3v) is 6.64. The zero-order valence-corrected chi connectivity index (χ0v) is 17.2. The molecule has 2 aromatic heterocycles. The molecule has 6 nitrogen and oxygen atoms in total. The fraction of sp³-hybridized carbons (Fsp3) is 0.0526. The Balaban J connectivity index is 1.51. The first-order valence-electron chi connectivity index (χ1n) is 8.41. The number of hydrogen-bond donors (Lipinski definition) is 2. The molecule has 29 heavy (non-hydrogen) atoms. The maximum atomic E-state index is 13.2. The third-order valence-electron chi connectivity index (χ3n) is 4.12. The Hall–Kier alpha value is -2.75. The second-order valence-corrected chi connectivity index (χ2v) is 9.12. The van der Waals surface area contributed by atoms with E-state index in [4.69, 9.17) is 11.6 Å². The van der Waals surface area contributed by atoms with E-state index in [1.54, 1.807) is 29.8 Å². The number of H-pyrrole nitrogens is 1. The molecule has 0 amide bonds. The Morgan fingerprint density at radius 2 is 1.93 bits per heavy atom. The lowest BCUT2D eigenvalue weighted by Crippen LogP contribution is -2.12. The molecule has 4 aromatic rings. The fourth-order valence-corrected chi connectivity index (χ4v) is 4.73. The van der Waals surface area contributed by atoms with E-state index in [0.29, 0.717) is 22.4 Å². The van der Waals surface area contributed by atoms with Crippen molar-refractivity contribution in [1.82, 2.24) is 15.0 Å². The van der Waals surface area contributed by atoms with Crippen LogP contribution in [0.15, 0.2) is 65.1 Å². The molecule has 4 rings (SSSR count). The van der Waals surface area contributed by atoms with Gasteiger partial charge in [0.2, 0.25) is 0 Å². The quantitative estimate of drug-likeness (QED) is 0.447. The Bertz CT molecular complexity index is 1240. The molecule has 0 aliphatic carbocycles. The lowest BCUT2D eigenvalue weighted by Gasteiger charge is -2.06. The van der Waals surface area contributed by atoms with Crippen LogP contribution >= 0.6 is 22.9 Å². The van der Waals surface area contributed by atoms with Crippen molar-refractivity contribution < 1.29 is 12.8 Å². The molecule has 2 aromatic carbocycles. The van der Waals surface area contributed by atoms with Gasteiger partial charge in [-0.2, -0.15) is 0 Å². The molecule has 0 spiro atoms. The number of sulfonamides is 1. The van der Waals surface area contributed by atoms with Gasteiger partial charge in [-0.1, -0.05) is 17.7 Å². The van der Waals surface area contributed by atoms with Gasteiger partial charge in [-0.15, -0.1) is 11.3 Å². The van der Waals surface area contributed by atoms with Gasteiger partial charge in [-0.3, -0.25) is 4.72 Å². The summed E-state index contributed by atoms with van der Waals surface area (Å²) in [5.41, 5.74) is 2.31. The van der Waals surface area contributed by atoms with Crippen molar-refractivity contribution in [2.75, 3.05) is 4.72 Å². The zero-order valence-electron chi connectivity index (χ0n) is 14.8. The van der Waals surface area contributed by atoms with Crippen LogP contribution in [0.2, 0.25) is 5.02 Å². The van der Waals surface area contributed by atoms with Gasteiger partial charge in [0.05, 0.1) is 4.90 Å². The van der Waals surface area contributed by atoms with Gasteiger partial charge in [-0.05, 0) is 42.0 Å². The maximum absolute atomic E-state index is 13.2. The number of anilines is 1. The van der Waals surface area contributed by atoms with Crippen molar-refractivity contribution in [3.05, 3.63) is 82.3 Å². The van der Waals surface area contributed by atoms with E-state index in [1.165, 1.54) is 41.8 Å². The average molecular weight is 449 g/mol. The second-order valence-electron chi connectivity index (χ2n) is 6.14. The normalized spacial score (nSPS) is 11.5. The van der Waals surface area contributed by atoms with Gasteiger partial charge in [0, 0.05) is 40.5 Å². The lowest BCUT2D eigenvalue weighted by molar-refractivity contribution is 0.601. The van der Waals surface area contributed by atoms with E-state index in [-0.39, 0.29) is 10.7 Å². The first-order valence-corrected chi connectivity index (χ1v) is 11.2. The number of aromatic nitrogens is 3. The molecule has 0 aliphatic heterocycles. The van der Waals surface area contributed by atoms with Crippen LogP contribution in [0.4, 0.5) is 9.52 Å². The predicted octanol–water partition coefficient (Wildman–Crippen LogP) is 4.72. The second kappa shape index (κ2) is 7.94. The van der Waals surface area contributed by atoms with Crippen LogP contribution < -0.4 is 4.72 Å². The van der Waals surface area contributed by atoms with Crippen LogP contribution in [0.3, 0.4) is 0 Å². The van der Waals surface area contributed by atoms with Gasteiger partial charge in [0.25, 0.3) is 10.0 Å². The van der Waals surface area contributed by atoms with Gasteiger partial charge < -0.3 is 4.98 Å². The molecule has 0 saturated carbocycles. The summed E-state index contributed by atoms with van der Waals surface area (Å²) in [4.78, 5) is 11.6. The molecule has 148 valence electrons. The van der Waals surface area contributed by atoms with Gasteiger partial charge in [0.15, 0.2) is 5.13 Å². The largest absolute Gasteiger partial charge is 0.342 e. The van der Waals surface area contributed by atoms with Crippen molar-refractivity contribution >= 4 is 38.1 Å². The van der Waals surface area contributed by atoms with Crippen molar-refractivity contribution in [2.24, 2.45) is 0 Å². The highest BCUT2D eigenvalue weighted by atomic mass is 35.5. The van der Waals surface area contributed by atoms with Gasteiger partial charge in [0.1, 0.15) is 11.6 Å². The highest BCUT2D eigenvalue weighted by Gasteiger charge is 2.16. The van der Waals surface area contributed by atoms with Crippen LogP contribution in [-0.4, -0.2) is 23.4 Å². The number of benzene rings is 2.